The molecule has 0 saturated carbocycles. The van der Waals surface area contributed by atoms with Crippen LogP contribution in [0.1, 0.15) is 12.5 Å². The zero-order chi connectivity index (χ0) is 23.0. The van der Waals surface area contributed by atoms with Crippen LogP contribution in [-0.2, 0) is 14.3 Å². The number of nitrogens with zero attached hydrogens (tertiary/aromatic N) is 3. The Labute approximate surface area is 174 Å². The summed E-state index contributed by atoms with van der Waals surface area (Å²) >= 11 is 0. The van der Waals surface area contributed by atoms with E-state index >= 15 is 0 Å². The second-order valence-corrected chi connectivity index (χ2v) is 6.40. The monoisotopic (exact) mass is 437 g/mol. The fourth-order valence-corrected chi connectivity index (χ4v) is 2.39. The molecule has 0 bridgehead atoms. The molecule has 0 radical (unpaired) electrons. The zero-order valence-electron chi connectivity index (χ0n) is 16.2. The highest BCUT2D eigenvalue weighted by molar-refractivity contribution is 5.94. The molecular formula is C19H18F3N5O4. The number of alkyl halides is 3. The minimum Gasteiger partial charge on any atom is -0.475 e. The van der Waals surface area contributed by atoms with Crippen molar-refractivity contribution < 1.29 is 32.6 Å². The number of carbonyl (C=O) groups is 2. The molecule has 3 N–H and O–H groups in total. The maximum absolute atomic E-state index is 12.2. The van der Waals surface area contributed by atoms with E-state index in [1.165, 1.54) is 6.33 Å². The van der Waals surface area contributed by atoms with Crippen molar-refractivity contribution in [3.8, 4) is 17.3 Å². The van der Waals surface area contributed by atoms with Crippen LogP contribution in [0.2, 0.25) is 0 Å². The number of aliphatic carboxylic acids is 1. The van der Waals surface area contributed by atoms with E-state index in [1.807, 2.05) is 13.0 Å². The highest BCUT2D eigenvalue weighted by Gasteiger charge is 2.38. The Bertz CT molecular complexity index is 970. The second kappa shape index (κ2) is 10.5. The van der Waals surface area contributed by atoms with Gasteiger partial charge in [-0.2, -0.15) is 18.4 Å². The molecule has 2 heterocycles. The van der Waals surface area contributed by atoms with E-state index in [0.29, 0.717) is 30.2 Å². The predicted molar refractivity (Wildman–Crippen MR) is 102 cm³/mol. The molecule has 2 aromatic rings. The van der Waals surface area contributed by atoms with Crippen LogP contribution in [-0.4, -0.2) is 58.4 Å². The van der Waals surface area contributed by atoms with E-state index in [9.17, 15) is 18.0 Å². The molecule has 2 atom stereocenters. The van der Waals surface area contributed by atoms with Gasteiger partial charge in [0.1, 0.15) is 18.2 Å². The van der Waals surface area contributed by atoms with E-state index < -0.39 is 18.2 Å². The standard InChI is InChI=1S/C17H17N5O2.C2HF3O2/c1-11-9-24-15(8-19-11)17(23)22-16-6-14(20-10-21-16)13-4-2-3-12(5-13)7-18;3-2(4,5)1(6)7/h2-6,10-11,15,19H,8-9H2,1H3,(H,20,21,22,23);(H,6,7)/t11?,15-;/m1./s1. The number of carboxylic acids is 1. The molecule has 1 amide bonds. The van der Waals surface area contributed by atoms with Gasteiger partial charge in [0, 0.05) is 24.2 Å². The van der Waals surface area contributed by atoms with Crippen molar-refractivity contribution >= 4 is 17.7 Å². The lowest BCUT2D eigenvalue weighted by Crippen LogP contribution is -2.49. The van der Waals surface area contributed by atoms with Crippen LogP contribution in [0.15, 0.2) is 36.7 Å². The van der Waals surface area contributed by atoms with Crippen LogP contribution in [0.3, 0.4) is 0 Å². The predicted octanol–water partition coefficient (Wildman–Crippen LogP) is 1.96. The van der Waals surface area contributed by atoms with Crippen molar-refractivity contribution in [2.45, 2.75) is 25.2 Å². The summed E-state index contributed by atoms with van der Waals surface area (Å²) in [6.45, 7) is 2.96. The van der Waals surface area contributed by atoms with E-state index in [1.54, 1.807) is 24.3 Å². The molecule has 3 rings (SSSR count). The summed E-state index contributed by atoms with van der Waals surface area (Å²) in [5.41, 5.74) is 1.97. The van der Waals surface area contributed by atoms with Crippen LogP contribution in [0.5, 0.6) is 0 Å². The van der Waals surface area contributed by atoms with Crippen LogP contribution < -0.4 is 10.6 Å². The fraction of sp³-hybridized carbons (Fsp3) is 0.316. The van der Waals surface area contributed by atoms with Crippen molar-refractivity contribution in [3.05, 3.63) is 42.2 Å². The molecule has 1 aliphatic heterocycles. The molecule has 0 aliphatic carbocycles. The number of morpholine rings is 1. The molecule has 31 heavy (non-hydrogen) atoms. The van der Waals surface area contributed by atoms with Gasteiger partial charge in [0.2, 0.25) is 0 Å². The number of hydrogen-bond acceptors (Lipinski definition) is 7. The van der Waals surface area contributed by atoms with E-state index in [4.69, 9.17) is 19.9 Å². The SMILES string of the molecule is CC1CO[C@@H](C(=O)Nc2cc(-c3cccc(C#N)c3)ncn2)CN1.O=C(O)C(F)(F)F. The number of nitriles is 1. The number of anilines is 1. The number of carbonyl (C=O) groups excluding carboxylic acids is 1. The fourth-order valence-electron chi connectivity index (χ4n) is 2.39. The minimum absolute atomic E-state index is 0.243. The number of amides is 1. The Hall–Kier alpha value is -3.56. The molecule has 1 aliphatic rings. The Morgan fingerprint density at radius 1 is 1.32 bits per heavy atom. The van der Waals surface area contributed by atoms with Gasteiger partial charge < -0.3 is 20.5 Å². The number of ether oxygens (including phenoxy) is 1. The first kappa shape index (κ1) is 23.7. The highest BCUT2D eigenvalue weighted by atomic mass is 19.4. The molecule has 1 aromatic carbocycles. The molecule has 9 nitrogen and oxygen atoms in total. The van der Waals surface area contributed by atoms with Gasteiger partial charge in [0.15, 0.2) is 0 Å². The molecular weight excluding hydrogens is 419 g/mol. The molecule has 12 heteroatoms. The summed E-state index contributed by atoms with van der Waals surface area (Å²) in [4.78, 5) is 29.4. The van der Waals surface area contributed by atoms with Gasteiger partial charge in [-0.05, 0) is 19.1 Å². The maximum Gasteiger partial charge on any atom is 0.490 e. The van der Waals surface area contributed by atoms with Crippen molar-refractivity contribution in [3.63, 3.8) is 0 Å². The lowest BCUT2D eigenvalue weighted by Gasteiger charge is -2.27. The van der Waals surface area contributed by atoms with Crippen molar-refractivity contribution in [2.75, 3.05) is 18.5 Å². The Kier molecular flexibility index (Phi) is 8.00. The van der Waals surface area contributed by atoms with Gasteiger partial charge in [-0.1, -0.05) is 12.1 Å². The summed E-state index contributed by atoms with van der Waals surface area (Å²) in [5, 5.41) is 22.1. The van der Waals surface area contributed by atoms with E-state index in [2.05, 4.69) is 26.7 Å². The van der Waals surface area contributed by atoms with E-state index in [0.717, 1.165) is 5.56 Å². The summed E-state index contributed by atoms with van der Waals surface area (Å²) in [6, 6.07) is 11.1. The average Bonchev–Trinajstić information content (AvgIpc) is 2.74. The number of hydrogen-bond donors (Lipinski definition) is 3. The van der Waals surface area contributed by atoms with Gasteiger partial charge in [0.05, 0.1) is 23.9 Å². The molecule has 1 unspecified atom stereocenters. The number of benzene rings is 1. The number of rotatable bonds is 3. The Balaban J connectivity index is 0.000000423. The van der Waals surface area contributed by atoms with Gasteiger partial charge in [0.25, 0.3) is 5.91 Å². The number of carboxylic acid groups (broad SMARTS) is 1. The van der Waals surface area contributed by atoms with Gasteiger partial charge in [-0.25, -0.2) is 14.8 Å². The Morgan fingerprint density at radius 2 is 2.03 bits per heavy atom. The molecule has 0 spiro atoms. The van der Waals surface area contributed by atoms with Crippen LogP contribution in [0.25, 0.3) is 11.3 Å². The van der Waals surface area contributed by atoms with Crippen LogP contribution in [0, 0.1) is 11.3 Å². The molecule has 164 valence electrons. The first-order valence-corrected chi connectivity index (χ1v) is 8.88. The first-order valence-electron chi connectivity index (χ1n) is 8.88. The third kappa shape index (κ3) is 7.32. The van der Waals surface area contributed by atoms with Gasteiger partial charge in [-0.15, -0.1) is 0 Å². The normalized spacial score (nSPS) is 18.2. The zero-order valence-corrected chi connectivity index (χ0v) is 16.2. The van der Waals surface area contributed by atoms with Crippen molar-refractivity contribution in [1.82, 2.24) is 15.3 Å². The lowest BCUT2D eigenvalue weighted by molar-refractivity contribution is -0.192. The minimum atomic E-state index is -5.08. The molecule has 1 saturated heterocycles. The quantitative estimate of drug-likeness (QED) is 0.663. The van der Waals surface area contributed by atoms with Gasteiger partial charge >= 0.3 is 12.1 Å². The number of aromatic nitrogens is 2. The van der Waals surface area contributed by atoms with Crippen molar-refractivity contribution in [1.29, 1.82) is 5.26 Å². The first-order chi connectivity index (χ1) is 14.6. The smallest absolute Gasteiger partial charge is 0.475 e. The second-order valence-electron chi connectivity index (χ2n) is 6.40. The maximum atomic E-state index is 12.2. The van der Waals surface area contributed by atoms with Crippen LogP contribution in [0.4, 0.5) is 19.0 Å². The summed E-state index contributed by atoms with van der Waals surface area (Å²) in [6.07, 6.45) is -4.24. The average molecular weight is 437 g/mol. The topological polar surface area (TPSA) is 137 Å². The van der Waals surface area contributed by atoms with E-state index in [-0.39, 0.29) is 11.9 Å². The third-order valence-corrected chi connectivity index (χ3v) is 3.94. The summed E-state index contributed by atoms with van der Waals surface area (Å²) < 4.78 is 37.3. The number of nitrogens with one attached hydrogen (secondary N) is 2. The Morgan fingerprint density at radius 3 is 2.61 bits per heavy atom. The summed E-state index contributed by atoms with van der Waals surface area (Å²) in [7, 11) is 0. The van der Waals surface area contributed by atoms with Crippen LogP contribution >= 0.6 is 0 Å². The highest BCUT2D eigenvalue weighted by Crippen LogP contribution is 2.20. The van der Waals surface area contributed by atoms with Crippen molar-refractivity contribution in [2.24, 2.45) is 0 Å². The molecule has 1 aromatic heterocycles. The number of halogens is 3. The third-order valence-electron chi connectivity index (χ3n) is 3.94. The lowest BCUT2D eigenvalue weighted by atomic mass is 10.1. The largest absolute Gasteiger partial charge is 0.490 e. The van der Waals surface area contributed by atoms with Gasteiger partial charge in [-0.3, -0.25) is 4.79 Å². The summed E-state index contributed by atoms with van der Waals surface area (Å²) in [5.74, 6) is -2.60. The molecule has 1 fully saturated rings.